The fraction of sp³-hybridized carbons (Fsp3) is 0.333. The number of nitrogens with zero attached hydrogens (tertiary/aromatic N) is 3. The molecule has 25 heavy (non-hydrogen) atoms. The molecule has 0 N–H and O–H groups in total. The number of halogens is 1. The molecule has 0 atom stereocenters. The van der Waals surface area contributed by atoms with Crippen molar-refractivity contribution in [1.29, 1.82) is 0 Å². The molecule has 1 aromatic carbocycles. The molecule has 0 aliphatic carbocycles. The Labute approximate surface area is 154 Å². The molecule has 1 saturated heterocycles. The predicted octanol–water partition coefficient (Wildman–Crippen LogP) is 2.53. The van der Waals surface area contributed by atoms with Crippen LogP contribution in [0.5, 0.6) is 11.5 Å². The molecular formula is C18H18BrN3O3. The number of hydrogen-bond acceptors (Lipinski definition) is 5. The maximum Gasteiger partial charge on any atom is 0.272 e. The van der Waals surface area contributed by atoms with Crippen LogP contribution in [0.15, 0.2) is 41.0 Å². The molecule has 1 fully saturated rings. The number of fused-ring (bicyclic) bond motifs is 1. The number of benzene rings is 1. The first kappa shape index (κ1) is 16.4. The van der Waals surface area contributed by atoms with E-state index >= 15 is 0 Å². The van der Waals surface area contributed by atoms with Crippen LogP contribution < -0.4 is 9.47 Å². The van der Waals surface area contributed by atoms with Crippen LogP contribution in [0, 0.1) is 0 Å². The first-order chi connectivity index (χ1) is 12.2. The summed E-state index contributed by atoms with van der Waals surface area (Å²) in [5, 5.41) is 0. The van der Waals surface area contributed by atoms with Crippen molar-refractivity contribution in [3.63, 3.8) is 0 Å². The number of piperazine rings is 1. The number of carbonyl (C=O) groups excluding carboxylic acids is 1. The lowest BCUT2D eigenvalue weighted by molar-refractivity contribution is 0.0622. The third-order valence-corrected chi connectivity index (χ3v) is 5.22. The highest BCUT2D eigenvalue weighted by Gasteiger charge is 2.24. The summed E-state index contributed by atoms with van der Waals surface area (Å²) in [6.45, 7) is 4.16. The summed E-state index contributed by atoms with van der Waals surface area (Å²) in [5.41, 5.74) is 1.67. The molecule has 130 valence electrons. The maximum absolute atomic E-state index is 12.5. The van der Waals surface area contributed by atoms with E-state index in [0.29, 0.717) is 18.8 Å². The van der Waals surface area contributed by atoms with Crippen LogP contribution in [0.4, 0.5) is 0 Å². The third kappa shape index (κ3) is 3.48. The van der Waals surface area contributed by atoms with Gasteiger partial charge >= 0.3 is 0 Å². The number of pyridine rings is 1. The van der Waals surface area contributed by atoms with E-state index in [1.54, 1.807) is 12.3 Å². The largest absolute Gasteiger partial charge is 0.454 e. The standard InChI is InChI=1S/C18H18BrN3O3/c19-14-10-17-16(24-12-25-17)9-13(14)11-21-5-7-22(8-6-21)18(23)15-3-1-2-4-20-15/h1-4,9-10H,5-8,11-12H2. The second-order valence-corrected chi connectivity index (χ2v) is 6.93. The van der Waals surface area contributed by atoms with Crippen molar-refractivity contribution in [2.75, 3.05) is 33.0 Å². The lowest BCUT2D eigenvalue weighted by Crippen LogP contribution is -2.48. The van der Waals surface area contributed by atoms with E-state index in [9.17, 15) is 4.79 Å². The maximum atomic E-state index is 12.5. The molecule has 0 saturated carbocycles. The number of amides is 1. The van der Waals surface area contributed by atoms with Gasteiger partial charge in [0.05, 0.1) is 0 Å². The van der Waals surface area contributed by atoms with Crippen molar-refractivity contribution < 1.29 is 14.3 Å². The van der Waals surface area contributed by atoms with Crippen molar-refractivity contribution >= 4 is 21.8 Å². The molecule has 2 aliphatic heterocycles. The number of rotatable bonds is 3. The first-order valence-electron chi connectivity index (χ1n) is 8.21. The van der Waals surface area contributed by atoms with Crippen LogP contribution in [-0.2, 0) is 6.54 Å². The van der Waals surface area contributed by atoms with Gasteiger partial charge in [-0.15, -0.1) is 0 Å². The van der Waals surface area contributed by atoms with Gasteiger partial charge in [0.2, 0.25) is 6.79 Å². The highest BCUT2D eigenvalue weighted by atomic mass is 79.9. The Morgan fingerprint density at radius 1 is 1.12 bits per heavy atom. The summed E-state index contributed by atoms with van der Waals surface area (Å²) in [4.78, 5) is 20.8. The number of ether oxygens (including phenoxy) is 2. The van der Waals surface area contributed by atoms with E-state index in [1.165, 1.54) is 0 Å². The van der Waals surface area contributed by atoms with E-state index in [4.69, 9.17) is 9.47 Å². The lowest BCUT2D eigenvalue weighted by Gasteiger charge is -2.34. The summed E-state index contributed by atoms with van der Waals surface area (Å²) in [7, 11) is 0. The van der Waals surface area contributed by atoms with Crippen LogP contribution in [0.2, 0.25) is 0 Å². The SMILES string of the molecule is O=C(c1ccccn1)N1CCN(Cc2cc3c(cc2Br)OCO3)CC1. The Balaban J connectivity index is 1.37. The van der Waals surface area contributed by atoms with Gasteiger partial charge in [0.1, 0.15) is 5.69 Å². The molecule has 2 aromatic rings. The fourth-order valence-electron chi connectivity index (χ4n) is 3.08. The summed E-state index contributed by atoms with van der Waals surface area (Å²) in [5.74, 6) is 1.58. The second-order valence-electron chi connectivity index (χ2n) is 6.08. The average Bonchev–Trinajstić information content (AvgIpc) is 3.10. The smallest absolute Gasteiger partial charge is 0.272 e. The van der Waals surface area contributed by atoms with Crippen molar-refractivity contribution in [1.82, 2.24) is 14.8 Å². The van der Waals surface area contributed by atoms with Gasteiger partial charge in [-0.1, -0.05) is 22.0 Å². The van der Waals surface area contributed by atoms with Crippen molar-refractivity contribution in [3.8, 4) is 11.5 Å². The fourth-order valence-corrected chi connectivity index (χ4v) is 3.53. The van der Waals surface area contributed by atoms with Crippen molar-refractivity contribution in [2.24, 2.45) is 0 Å². The van der Waals surface area contributed by atoms with Gasteiger partial charge in [-0.05, 0) is 29.8 Å². The third-order valence-electron chi connectivity index (χ3n) is 4.48. The van der Waals surface area contributed by atoms with E-state index < -0.39 is 0 Å². The van der Waals surface area contributed by atoms with Gasteiger partial charge in [-0.25, -0.2) is 0 Å². The Morgan fingerprint density at radius 3 is 2.60 bits per heavy atom. The van der Waals surface area contributed by atoms with E-state index in [0.717, 1.165) is 41.2 Å². The van der Waals surface area contributed by atoms with Gasteiger partial charge in [-0.3, -0.25) is 14.7 Å². The van der Waals surface area contributed by atoms with Crippen molar-refractivity contribution in [3.05, 3.63) is 52.3 Å². The molecule has 7 heteroatoms. The van der Waals surface area contributed by atoms with Gasteiger partial charge in [0, 0.05) is 43.4 Å². The Bertz CT molecular complexity index is 777. The molecule has 0 spiro atoms. The monoisotopic (exact) mass is 403 g/mol. The average molecular weight is 404 g/mol. The molecular weight excluding hydrogens is 386 g/mol. The topological polar surface area (TPSA) is 54.9 Å². The minimum atomic E-state index is 0.00418. The van der Waals surface area contributed by atoms with Gasteiger partial charge in [-0.2, -0.15) is 0 Å². The van der Waals surface area contributed by atoms with Crippen LogP contribution in [0.1, 0.15) is 16.1 Å². The zero-order valence-corrected chi connectivity index (χ0v) is 15.2. The number of carbonyl (C=O) groups is 1. The van der Waals surface area contributed by atoms with E-state index in [2.05, 4.69) is 25.8 Å². The number of aromatic nitrogens is 1. The quantitative estimate of drug-likeness (QED) is 0.787. The molecule has 4 rings (SSSR count). The Hall–Kier alpha value is -2.12. The molecule has 6 nitrogen and oxygen atoms in total. The second kappa shape index (κ2) is 7.01. The molecule has 3 heterocycles. The zero-order valence-electron chi connectivity index (χ0n) is 13.7. The van der Waals surface area contributed by atoms with Gasteiger partial charge < -0.3 is 14.4 Å². The molecule has 1 aromatic heterocycles. The molecule has 0 bridgehead atoms. The minimum Gasteiger partial charge on any atom is -0.454 e. The van der Waals surface area contributed by atoms with Crippen LogP contribution in [-0.4, -0.2) is 53.7 Å². The Morgan fingerprint density at radius 2 is 1.88 bits per heavy atom. The predicted molar refractivity (Wildman–Crippen MR) is 95.7 cm³/mol. The molecule has 2 aliphatic rings. The molecule has 0 radical (unpaired) electrons. The van der Waals surface area contributed by atoms with Gasteiger partial charge in [0.25, 0.3) is 5.91 Å². The first-order valence-corrected chi connectivity index (χ1v) is 9.01. The summed E-state index contributed by atoms with van der Waals surface area (Å²) in [6, 6.07) is 9.40. The minimum absolute atomic E-state index is 0.00418. The highest BCUT2D eigenvalue weighted by Crippen LogP contribution is 2.37. The highest BCUT2D eigenvalue weighted by molar-refractivity contribution is 9.10. The van der Waals surface area contributed by atoms with Crippen molar-refractivity contribution in [2.45, 2.75) is 6.54 Å². The summed E-state index contributed by atoms with van der Waals surface area (Å²) >= 11 is 3.61. The normalized spacial score (nSPS) is 16.9. The van der Waals surface area contributed by atoms with Crippen LogP contribution in [0.3, 0.4) is 0 Å². The van der Waals surface area contributed by atoms with E-state index in [-0.39, 0.29) is 12.7 Å². The lowest BCUT2D eigenvalue weighted by atomic mass is 10.1. The summed E-state index contributed by atoms with van der Waals surface area (Å²) in [6.07, 6.45) is 1.65. The van der Waals surface area contributed by atoms with Crippen LogP contribution >= 0.6 is 15.9 Å². The summed E-state index contributed by atoms with van der Waals surface area (Å²) < 4.78 is 11.9. The molecule has 1 amide bonds. The molecule has 0 unspecified atom stereocenters. The Kier molecular flexibility index (Phi) is 4.59. The number of hydrogen-bond donors (Lipinski definition) is 0. The van der Waals surface area contributed by atoms with Crippen LogP contribution in [0.25, 0.3) is 0 Å². The zero-order chi connectivity index (χ0) is 17.2. The van der Waals surface area contributed by atoms with E-state index in [1.807, 2.05) is 29.2 Å². The van der Waals surface area contributed by atoms with Gasteiger partial charge in [0.15, 0.2) is 11.5 Å².